The Morgan fingerprint density at radius 1 is 1.47 bits per heavy atom. The Labute approximate surface area is 119 Å². The second kappa shape index (κ2) is 4.78. The molecule has 1 saturated carbocycles. The summed E-state index contributed by atoms with van der Waals surface area (Å²) in [6.45, 7) is 5.33. The Hall–Kier alpha value is -1.09. The largest absolute Gasteiger partial charge is 0.326 e. The highest BCUT2D eigenvalue weighted by molar-refractivity contribution is 6.20. The summed E-state index contributed by atoms with van der Waals surface area (Å²) in [7, 11) is 0. The Balaban J connectivity index is 2.07. The smallest absolute Gasteiger partial charge is 0.127 e. The first-order chi connectivity index (χ1) is 9.15. The van der Waals surface area contributed by atoms with Gasteiger partial charge in [0.1, 0.15) is 11.3 Å². The van der Waals surface area contributed by atoms with Crippen LogP contribution in [0.1, 0.15) is 50.7 Å². The zero-order valence-electron chi connectivity index (χ0n) is 11.6. The van der Waals surface area contributed by atoms with Crippen LogP contribution in [-0.4, -0.2) is 14.5 Å². The summed E-state index contributed by atoms with van der Waals surface area (Å²) in [6, 6.07) is 2.05. The molecule has 0 radical (unpaired) electrons. The molecule has 1 aliphatic carbocycles. The average molecular weight is 278 g/mol. The third-order valence-electron chi connectivity index (χ3n) is 4.59. The molecule has 0 saturated heterocycles. The van der Waals surface area contributed by atoms with Gasteiger partial charge in [0.2, 0.25) is 0 Å². The molecule has 2 aromatic rings. The molecule has 3 nitrogen and oxygen atoms in total. The lowest BCUT2D eigenvalue weighted by molar-refractivity contribution is 0.101. The van der Waals surface area contributed by atoms with Gasteiger partial charge in [0, 0.05) is 12.7 Å². The van der Waals surface area contributed by atoms with E-state index in [1.165, 1.54) is 25.7 Å². The quantitative estimate of drug-likeness (QED) is 0.780. The SMILES string of the molecule is CCC1(Cn2c(C(C)Cl)nc3cnccc32)CCC1. The molecule has 0 aliphatic heterocycles. The number of imidazole rings is 1. The summed E-state index contributed by atoms with van der Waals surface area (Å²) < 4.78 is 2.32. The van der Waals surface area contributed by atoms with Crippen LogP contribution in [0, 0.1) is 5.41 Å². The first kappa shape index (κ1) is 12.9. The molecule has 19 heavy (non-hydrogen) atoms. The molecule has 1 atom stereocenters. The number of halogens is 1. The minimum absolute atomic E-state index is 0.0682. The van der Waals surface area contributed by atoms with E-state index in [9.17, 15) is 0 Å². The van der Waals surface area contributed by atoms with Gasteiger partial charge in [-0.15, -0.1) is 11.6 Å². The minimum Gasteiger partial charge on any atom is -0.326 e. The van der Waals surface area contributed by atoms with E-state index in [2.05, 4.69) is 21.5 Å². The van der Waals surface area contributed by atoms with Crippen LogP contribution in [0.15, 0.2) is 18.5 Å². The molecule has 0 spiro atoms. The van der Waals surface area contributed by atoms with Gasteiger partial charge >= 0.3 is 0 Å². The predicted molar refractivity (Wildman–Crippen MR) is 78.4 cm³/mol. The van der Waals surface area contributed by atoms with E-state index in [1.807, 2.05) is 25.4 Å². The Morgan fingerprint density at radius 2 is 2.26 bits per heavy atom. The Morgan fingerprint density at radius 3 is 2.84 bits per heavy atom. The van der Waals surface area contributed by atoms with Crippen LogP contribution in [0.25, 0.3) is 11.0 Å². The first-order valence-corrected chi connectivity index (χ1v) is 7.53. The van der Waals surface area contributed by atoms with Gasteiger partial charge in [-0.2, -0.15) is 0 Å². The van der Waals surface area contributed by atoms with Gasteiger partial charge < -0.3 is 4.57 Å². The van der Waals surface area contributed by atoms with Gasteiger partial charge in [-0.25, -0.2) is 4.98 Å². The number of aromatic nitrogens is 3. The minimum atomic E-state index is -0.0682. The number of fused-ring (bicyclic) bond motifs is 1. The van der Waals surface area contributed by atoms with Crippen molar-refractivity contribution in [1.82, 2.24) is 14.5 Å². The second-order valence-electron chi connectivity index (χ2n) is 5.74. The normalized spacial score (nSPS) is 19.3. The van der Waals surface area contributed by atoms with Gasteiger partial charge in [-0.05, 0) is 37.7 Å². The maximum absolute atomic E-state index is 6.31. The molecule has 0 amide bonds. The molecule has 0 bridgehead atoms. The van der Waals surface area contributed by atoms with Crippen molar-refractivity contribution >= 4 is 22.6 Å². The highest BCUT2D eigenvalue weighted by Crippen LogP contribution is 2.46. The van der Waals surface area contributed by atoms with Crippen molar-refractivity contribution in [2.45, 2.75) is 51.5 Å². The molecule has 2 heterocycles. The van der Waals surface area contributed by atoms with E-state index < -0.39 is 0 Å². The lowest BCUT2D eigenvalue weighted by Gasteiger charge is -2.42. The van der Waals surface area contributed by atoms with E-state index in [1.54, 1.807) is 0 Å². The zero-order chi connectivity index (χ0) is 13.5. The van der Waals surface area contributed by atoms with Crippen molar-refractivity contribution in [2.24, 2.45) is 5.41 Å². The van der Waals surface area contributed by atoms with E-state index in [4.69, 9.17) is 11.6 Å². The van der Waals surface area contributed by atoms with E-state index >= 15 is 0 Å². The number of rotatable bonds is 4. The predicted octanol–water partition coefficient (Wildman–Crippen LogP) is 4.31. The van der Waals surface area contributed by atoms with Gasteiger partial charge in [0.15, 0.2) is 0 Å². The molecule has 0 aromatic carbocycles. The Bertz CT molecular complexity index is 579. The number of hydrogen-bond acceptors (Lipinski definition) is 2. The second-order valence-corrected chi connectivity index (χ2v) is 6.40. The van der Waals surface area contributed by atoms with Crippen LogP contribution in [0.2, 0.25) is 0 Å². The van der Waals surface area contributed by atoms with Crippen molar-refractivity contribution in [2.75, 3.05) is 0 Å². The van der Waals surface area contributed by atoms with Gasteiger partial charge in [0.05, 0.1) is 17.1 Å². The molecule has 102 valence electrons. The monoisotopic (exact) mass is 277 g/mol. The van der Waals surface area contributed by atoms with Gasteiger partial charge in [-0.3, -0.25) is 4.98 Å². The lowest BCUT2D eigenvalue weighted by atomic mass is 9.67. The van der Waals surface area contributed by atoms with Crippen molar-refractivity contribution in [3.05, 3.63) is 24.3 Å². The van der Waals surface area contributed by atoms with Crippen LogP contribution in [0.5, 0.6) is 0 Å². The summed E-state index contributed by atoms with van der Waals surface area (Å²) in [5.74, 6) is 0.976. The molecular formula is C15H20ClN3. The van der Waals surface area contributed by atoms with Gasteiger partial charge in [-0.1, -0.05) is 13.3 Å². The fourth-order valence-corrected chi connectivity index (χ4v) is 3.27. The highest BCUT2D eigenvalue weighted by Gasteiger charge is 2.36. The number of alkyl halides is 1. The number of nitrogens with zero attached hydrogens (tertiary/aromatic N) is 3. The van der Waals surface area contributed by atoms with Crippen molar-refractivity contribution in [3.63, 3.8) is 0 Å². The van der Waals surface area contributed by atoms with E-state index in [0.717, 1.165) is 23.4 Å². The van der Waals surface area contributed by atoms with Crippen molar-refractivity contribution < 1.29 is 0 Å². The number of hydrogen-bond donors (Lipinski definition) is 0. The van der Waals surface area contributed by atoms with Gasteiger partial charge in [0.25, 0.3) is 0 Å². The van der Waals surface area contributed by atoms with Crippen LogP contribution in [0.3, 0.4) is 0 Å². The van der Waals surface area contributed by atoms with Crippen molar-refractivity contribution in [1.29, 1.82) is 0 Å². The topological polar surface area (TPSA) is 30.7 Å². The third kappa shape index (κ3) is 2.14. The van der Waals surface area contributed by atoms with Crippen LogP contribution in [0.4, 0.5) is 0 Å². The summed E-state index contributed by atoms with van der Waals surface area (Å²) in [4.78, 5) is 8.82. The van der Waals surface area contributed by atoms with Crippen LogP contribution >= 0.6 is 11.6 Å². The van der Waals surface area contributed by atoms with Crippen LogP contribution < -0.4 is 0 Å². The molecule has 1 unspecified atom stereocenters. The Kier molecular flexibility index (Phi) is 3.25. The van der Waals surface area contributed by atoms with E-state index in [0.29, 0.717) is 5.41 Å². The molecule has 3 rings (SSSR count). The van der Waals surface area contributed by atoms with Crippen molar-refractivity contribution in [3.8, 4) is 0 Å². The molecule has 1 aliphatic rings. The molecule has 4 heteroatoms. The summed E-state index contributed by atoms with van der Waals surface area (Å²) in [6.07, 6.45) is 8.90. The highest BCUT2D eigenvalue weighted by atomic mass is 35.5. The summed E-state index contributed by atoms with van der Waals surface area (Å²) in [5, 5.41) is -0.0682. The fourth-order valence-electron chi connectivity index (χ4n) is 3.11. The maximum Gasteiger partial charge on any atom is 0.127 e. The lowest BCUT2D eigenvalue weighted by Crippen LogP contribution is -2.34. The summed E-state index contributed by atoms with van der Waals surface area (Å²) >= 11 is 6.31. The van der Waals surface area contributed by atoms with Crippen LogP contribution in [-0.2, 0) is 6.54 Å². The molecular weight excluding hydrogens is 258 g/mol. The molecule has 2 aromatic heterocycles. The zero-order valence-corrected chi connectivity index (χ0v) is 12.3. The fraction of sp³-hybridized carbons (Fsp3) is 0.600. The first-order valence-electron chi connectivity index (χ1n) is 7.09. The average Bonchev–Trinajstić information content (AvgIpc) is 2.73. The molecule has 1 fully saturated rings. The standard InChI is InChI=1S/C15H20ClN3/c1-3-15(6-4-7-15)10-19-13-5-8-17-9-12(13)18-14(19)11(2)16/h5,8-9,11H,3-4,6-7,10H2,1-2H3. The number of pyridine rings is 1. The maximum atomic E-state index is 6.31. The molecule has 0 N–H and O–H groups in total. The third-order valence-corrected chi connectivity index (χ3v) is 4.79. The van der Waals surface area contributed by atoms with E-state index in [-0.39, 0.29) is 5.38 Å². The summed E-state index contributed by atoms with van der Waals surface area (Å²) in [5.41, 5.74) is 2.57.